The second-order valence-electron chi connectivity index (χ2n) is 3.52. The molecule has 1 unspecified atom stereocenters. The SMILES string of the molecule is CCOc1ccc(/C=C/C(C)SCC)cc1. The molecule has 0 aliphatic rings. The second kappa shape index (κ2) is 7.39. The summed E-state index contributed by atoms with van der Waals surface area (Å²) in [5, 5.41) is 0.580. The molecule has 1 atom stereocenters. The fourth-order valence-electron chi connectivity index (χ4n) is 1.41. The third-order valence-corrected chi connectivity index (χ3v) is 3.20. The van der Waals surface area contributed by atoms with E-state index in [1.807, 2.05) is 30.8 Å². The molecule has 0 aromatic heterocycles. The molecule has 88 valence electrons. The number of rotatable bonds is 6. The second-order valence-corrected chi connectivity index (χ2v) is 5.18. The van der Waals surface area contributed by atoms with E-state index in [1.165, 1.54) is 5.56 Å². The Morgan fingerprint density at radius 1 is 1.25 bits per heavy atom. The lowest BCUT2D eigenvalue weighted by Gasteiger charge is -2.04. The van der Waals surface area contributed by atoms with E-state index in [9.17, 15) is 0 Å². The van der Waals surface area contributed by atoms with Crippen molar-refractivity contribution in [2.24, 2.45) is 0 Å². The highest BCUT2D eigenvalue weighted by Crippen LogP contribution is 2.15. The minimum Gasteiger partial charge on any atom is -0.494 e. The molecule has 0 spiro atoms. The maximum atomic E-state index is 5.40. The molecule has 16 heavy (non-hydrogen) atoms. The minimum absolute atomic E-state index is 0.580. The van der Waals surface area contributed by atoms with Crippen LogP contribution >= 0.6 is 11.8 Å². The Balaban J connectivity index is 2.54. The molecule has 0 fully saturated rings. The van der Waals surface area contributed by atoms with E-state index in [-0.39, 0.29) is 0 Å². The van der Waals surface area contributed by atoms with Crippen molar-refractivity contribution in [3.05, 3.63) is 35.9 Å². The van der Waals surface area contributed by atoms with Gasteiger partial charge in [0.15, 0.2) is 0 Å². The Hall–Kier alpha value is -0.890. The van der Waals surface area contributed by atoms with Gasteiger partial charge in [0.1, 0.15) is 5.75 Å². The van der Waals surface area contributed by atoms with E-state index in [2.05, 4.69) is 38.1 Å². The molecule has 0 radical (unpaired) electrons. The first-order valence-electron chi connectivity index (χ1n) is 5.79. The van der Waals surface area contributed by atoms with Gasteiger partial charge in [-0.1, -0.05) is 31.2 Å². The topological polar surface area (TPSA) is 9.23 Å². The van der Waals surface area contributed by atoms with Gasteiger partial charge in [0.2, 0.25) is 0 Å². The van der Waals surface area contributed by atoms with Gasteiger partial charge in [-0.15, -0.1) is 0 Å². The Morgan fingerprint density at radius 3 is 2.50 bits per heavy atom. The molecule has 0 saturated carbocycles. The maximum absolute atomic E-state index is 5.40. The van der Waals surface area contributed by atoms with Crippen molar-refractivity contribution in [1.29, 1.82) is 0 Å². The third-order valence-electron chi connectivity index (χ3n) is 2.18. The van der Waals surface area contributed by atoms with Gasteiger partial charge in [-0.3, -0.25) is 0 Å². The summed E-state index contributed by atoms with van der Waals surface area (Å²) >= 11 is 1.95. The zero-order valence-corrected chi connectivity index (χ0v) is 11.1. The van der Waals surface area contributed by atoms with E-state index in [0.717, 1.165) is 18.1 Å². The third kappa shape index (κ3) is 4.75. The van der Waals surface area contributed by atoms with Crippen LogP contribution in [0.2, 0.25) is 0 Å². The largest absolute Gasteiger partial charge is 0.494 e. The van der Waals surface area contributed by atoms with Crippen LogP contribution in [0.4, 0.5) is 0 Å². The van der Waals surface area contributed by atoms with Crippen LogP contribution in [0.15, 0.2) is 30.3 Å². The summed E-state index contributed by atoms with van der Waals surface area (Å²) in [5.41, 5.74) is 1.23. The van der Waals surface area contributed by atoms with Gasteiger partial charge in [0.05, 0.1) is 6.61 Å². The Labute approximate surface area is 103 Å². The summed E-state index contributed by atoms with van der Waals surface area (Å²) < 4.78 is 5.40. The van der Waals surface area contributed by atoms with Crippen molar-refractivity contribution >= 4 is 17.8 Å². The predicted octanol–water partition coefficient (Wildman–Crippen LogP) is 4.24. The number of ether oxygens (including phenoxy) is 1. The standard InChI is InChI=1S/C14H20OS/c1-4-15-14-10-8-13(9-11-14)7-6-12(3)16-5-2/h6-12H,4-5H2,1-3H3/b7-6+. The van der Waals surface area contributed by atoms with E-state index in [4.69, 9.17) is 4.74 Å². The van der Waals surface area contributed by atoms with Crippen molar-refractivity contribution in [3.63, 3.8) is 0 Å². The molecule has 1 nitrogen and oxygen atoms in total. The highest BCUT2D eigenvalue weighted by atomic mass is 32.2. The van der Waals surface area contributed by atoms with Crippen LogP contribution in [-0.4, -0.2) is 17.6 Å². The number of thioether (sulfide) groups is 1. The van der Waals surface area contributed by atoms with Crippen molar-refractivity contribution in [2.75, 3.05) is 12.4 Å². The van der Waals surface area contributed by atoms with E-state index in [1.54, 1.807) is 0 Å². The van der Waals surface area contributed by atoms with Crippen molar-refractivity contribution in [2.45, 2.75) is 26.0 Å². The molecule has 0 saturated heterocycles. The van der Waals surface area contributed by atoms with Crippen LogP contribution in [0.25, 0.3) is 6.08 Å². The van der Waals surface area contributed by atoms with Gasteiger partial charge in [-0.2, -0.15) is 11.8 Å². The zero-order valence-electron chi connectivity index (χ0n) is 10.3. The summed E-state index contributed by atoms with van der Waals surface area (Å²) in [4.78, 5) is 0. The van der Waals surface area contributed by atoms with Crippen LogP contribution in [0.1, 0.15) is 26.3 Å². The van der Waals surface area contributed by atoms with Crippen LogP contribution in [0.3, 0.4) is 0 Å². The van der Waals surface area contributed by atoms with Crippen LogP contribution in [-0.2, 0) is 0 Å². The van der Waals surface area contributed by atoms with Crippen LogP contribution in [0, 0.1) is 0 Å². The van der Waals surface area contributed by atoms with Gasteiger partial charge < -0.3 is 4.74 Å². The van der Waals surface area contributed by atoms with Crippen molar-refractivity contribution in [3.8, 4) is 5.75 Å². The molecule has 0 aliphatic carbocycles. The first kappa shape index (κ1) is 13.2. The summed E-state index contributed by atoms with van der Waals surface area (Å²) in [6.07, 6.45) is 4.41. The fraction of sp³-hybridized carbons (Fsp3) is 0.429. The quantitative estimate of drug-likeness (QED) is 0.730. The van der Waals surface area contributed by atoms with E-state index < -0.39 is 0 Å². The Bertz CT molecular complexity index is 316. The molecule has 0 bridgehead atoms. The highest BCUT2D eigenvalue weighted by Gasteiger charge is 1.95. The van der Waals surface area contributed by atoms with Gasteiger partial charge in [0, 0.05) is 5.25 Å². The van der Waals surface area contributed by atoms with E-state index >= 15 is 0 Å². The first-order valence-corrected chi connectivity index (χ1v) is 6.83. The molecule has 0 heterocycles. The molecule has 0 N–H and O–H groups in total. The van der Waals surface area contributed by atoms with Crippen molar-refractivity contribution in [1.82, 2.24) is 0 Å². The molecule has 1 rings (SSSR count). The number of hydrogen-bond donors (Lipinski definition) is 0. The summed E-state index contributed by atoms with van der Waals surface area (Å²) in [5.74, 6) is 2.10. The zero-order chi connectivity index (χ0) is 11.8. The Morgan fingerprint density at radius 2 is 1.94 bits per heavy atom. The molecule has 1 aromatic rings. The number of benzene rings is 1. The van der Waals surface area contributed by atoms with E-state index in [0.29, 0.717) is 5.25 Å². The predicted molar refractivity (Wildman–Crippen MR) is 74.2 cm³/mol. The fourth-order valence-corrected chi connectivity index (χ4v) is 2.12. The molecule has 2 heteroatoms. The lowest BCUT2D eigenvalue weighted by atomic mass is 10.2. The van der Waals surface area contributed by atoms with Crippen LogP contribution in [0.5, 0.6) is 5.75 Å². The highest BCUT2D eigenvalue weighted by molar-refractivity contribution is 8.00. The van der Waals surface area contributed by atoms with Crippen LogP contribution < -0.4 is 4.74 Å². The van der Waals surface area contributed by atoms with Crippen molar-refractivity contribution < 1.29 is 4.74 Å². The molecule has 1 aromatic carbocycles. The maximum Gasteiger partial charge on any atom is 0.119 e. The summed E-state index contributed by atoms with van der Waals surface area (Å²) in [6.45, 7) is 7.13. The summed E-state index contributed by atoms with van der Waals surface area (Å²) in [6, 6.07) is 8.21. The average Bonchev–Trinajstić information content (AvgIpc) is 2.29. The first-order chi connectivity index (χ1) is 7.76. The van der Waals surface area contributed by atoms with Gasteiger partial charge >= 0.3 is 0 Å². The van der Waals surface area contributed by atoms with Gasteiger partial charge in [0.25, 0.3) is 0 Å². The normalized spacial score (nSPS) is 12.9. The molecule has 0 amide bonds. The van der Waals surface area contributed by atoms with Gasteiger partial charge in [-0.25, -0.2) is 0 Å². The average molecular weight is 236 g/mol. The molecule has 0 aliphatic heterocycles. The Kier molecular flexibility index (Phi) is 6.09. The number of hydrogen-bond acceptors (Lipinski definition) is 2. The van der Waals surface area contributed by atoms with Gasteiger partial charge in [-0.05, 0) is 37.3 Å². The smallest absolute Gasteiger partial charge is 0.119 e. The minimum atomic E-state index is 0.580. The molecular weight excluding hydrogens is 216 g/mol. The molecular formula is C14H20OS. The lowest BCUT2D eigenvalue weighted by molar-refractivity contribution is 0.340. The summed E-state index contributed by atoms with van der Waals surface area (Å²) in [7, 11) is 0. The monoisotopic (exact) mass is 236 g/mol. The lowest BCUT2D eigenvalue weighted by Crippen LogP contribution is -1.91.